The maximum absolute atomic E-state index is 10.4. The molecule has 0 unspecified atom stereocenters. The second kappa shape index (κ2) is 4.62. The molecule has 1 saturated carbocycles. The second-order valence-electron chi connectivity index (χ2n) is 2.84. The molecule has 0 heterocycles. The van der Waals surface area contributed by atoms with Crippen LogP contribution in [0.1, 0.15) is 32.1 Å². The number of primary amides is 1. The number of carbonyl (C=O) groups excluding carboxylic acids is 1. The first-order chi connectivity index (χ1) is 5.29. The van der Waals surface area contributed by atoms with Crippen molar-refractivity contribution in [3.8, 4) is 0 Å². The molecule has 0 aromatic heterocycles. The Morgan fingerprint density at radius 3 is 2.55 bits per heavy atom. The molecule has 1 rings (SSSR count). The molecule has 1 aliphatic carbocycles. The number of carbonyl (C=O) groups is 1. The molecule has 0 saturated heterocycles. The van der Waals surface area contributed by atoms with E-state index in [4.69, 9.17) is 5.73 Å². The van der Waals surface area contributed by atoms with Crippen LogP contribution in [0.5, 0.6) is 0 Å². The Morgan fingerprint density at radius 1 is 1.36 bits per heavy atom. The molecule has 0 bridgehead atoms. The van der Waals surface area contributed by atoms with Gasteiger partial charge in [0.1, 0.15) is 0 Å². The SMILES string of the molecule is NC(=O)N[Se]C1CCCCC1. The number of rotatable bonds is 2. The molecule has 1 fully saturated rings. The van der Waals surface area contributed by atoms with Gasteiger partial charge < -0.3 is 0 Å². The molecule has 0 radical (unpaired) electrons. The molecule has 1 aliphatic rings. The zero-order valence-corrected chi connectivity index (χ0v) is 8.22. The molecule has 2 amide bonds. The van der Waals surface area contributed by atoms with Crippen LogP contribution < -0.4 is 10.1 Å². The van der Waals surface area contributed by atoms with E-state index in [2.05, 4.69) is 4.33 Å². The van der Waals surface area contributed by atoms with E-state index < -0.39 is 0 Å². The number of nitrogens with two attached hydrogens (primary N) is 1. The standard InChI is InChI=1S/C7H14N2OSe/c8-7(10)9-11-6-4-2-1-3-5-6/h6H,1-5H2,(H3,8,9,10). The van der Waals surface area contributed by atoms with Crippen molar-refractivity contribution >= 4 is 21.2 Å². The van der Waals surface area contributed by atoms with E-state index in [9.17, 15) is 4.79 Å². The summed E-state index contributed by atoms with van der Waals surface area (Å²) in [5, 5.41) is 0. The first-order valence-electron chi connectivity index (χ1n) is 4.00. The van der Waals surface area contributed by atoms with Gasteiger partial charge in [0.05, 0.1) is 0 Å². The summed E-state index contributed by atoms with van der Waals surface area (Å²) in [7, 11) is 0. The average molecular weight is 221 g/mol. The van der Waals surface area contributed by atoms with E-state index in [-0.39, 0.29) is 21.2 Å². The normalized spacial score (nSPS) is 19.6. The zero-order valence-electron chi connectivity index (χ0n) is 6.51. The summed E-state index contributed by atoms with van der Waals surface area (Å²) in [5.74, 6) is 0. The van der Waals surface area contributed by atoms with Crippen LogP contribution >= 0.6 is 0 Å². The van der Waals surface area contributed by atoms with Crippen molar-refractivity contribution in [3.05, 3.63) is 0 Å². The fraction of sp³-hybridized carbons (Fsp3) is 0.857. The minimum absolute atomic E-state index is 0.242. The molecule has 0 aromatic carbocycles. The predicted octanol–water partition coefficient (Wildman–Crippen LogP) is 1.03. The van der Waals surface area contributed by atoms with Gasteiger partial charge in [-0.3, -0.25) is 0 Å². The van der Waals surface area contributed by atoms with E-state index >= 15 is 0 Å². The average Bonchev–Trinajstić information content (AvgIpc) is 2.03. The van der Waals surface area contributed by atoms with Gasteiger partial charge in [-0.05, 0) is 0 Å². The number of hydrogen-bond acceptors (Lipinski definition) is 1. The Kier molecular flexibility index (Phi) is 3.73. The second-order valence-corrected chi connectivity index (χ2v) is 5.17. The fourth-order valence-electron chi connectivity index (χ4n) is 1.32. The monoisotopic (exact) mass is 222 g/mol. The number of hydrogen-bond donors (Lipinski definition) is 2. The Balaban J connectivity index is 2.09. The summed E-state index contributed by atoms with van der Waals surface area (Å²) in [6.45, 7) is 0. The molecule has 0 aromatic rings. The maximum atomic E-state index is 10.4. The van der Waals surface area contributed by atoms with Crippen LogP contribution in [0, 0.1) is 0 Å². The Bertz CT molecular complexity index is 134. The van der Waals surface area contributed by atoms with Gasteiger partial charge in [0.15, 0.2) is 0 Å². The Morgan fingerprint density at radius 2 is 2.00 bits per heavy atom. The molecule has 0 spiro atoms. The van der Waals surface area contributed by atoms with E-state index in [0.717, 1.165) is 4.82 Å². The van der Waals surface area contributed by atoms with Crippen LogP contribution in [0.4, 0.5) is 4.79 Å². The summed E-state index contributed by atoms with van der Waals surface area (Å²) in [6, 6.07) is -0.365. The van der Waals surface area contributed by atoms with Gasteiger partial charge in [-0.2, -0.15) is 0 Å². The van der Waals surface area contributed by atoms with Crippen LogP contribution in [0.3, 0.4) is 0 Å². The van der Waals surface area contributed by atoms with Crippen LogP contribution in [0.15, 0.2) is 0 Å². The van der Waals surface area contributed by atoms with Gasteiger partial charge in [0.2, 0.25) is 0 Å². The van der Waals surface area contributed by atoms with Gasteiger partial charge in [-0.1, -0.05) is 0 Å². The zero-order chi connectivity index (χ0) is 8.10. The third kappa shape index (κ3) is 3.63. The van der Waals surface area contributed by atoms with Crippen molar-refractivity contribution in [2.24, 2.45) is 5.73 Å². The van der Waals surface area contributed by atoms with Crippen molar-refractivity contribution in [2.75, 3.05) is 0 Å². The molecule has 11 heavy (non-hydrogen) atoms. The van der Waals surface area contributed by atoms with E-state index in [1.807, 2.05) is 0 Å². The van der Waals surface area contributed by atoms with E-state index in [1.54, 1.807) is 0 Å². The summed E-state index contributed by atoms with van der Waals surface area (Å²) in [6.07, 6.45) is 6.57. The first kappa shape index (κ1) is 8.88. The van der Waals surface area contributed by atoms with E-state index in [1.165, 1.54) is 32.1 Å². The van der Waals surface area contributed by atoms with Gasteiger partial charge in [-0.25, -0.2) is 0 Å². The topological polar surface area (TPSA) is 55.1 Å². The Labute approximate surface area is 73.5 Å². The summed E-state index contributed by atoms with van der Waals surface area (Å²) in [5.41, 5.74) is 4.98. The van der Waals surface area contributed by atoms with E-state index in [0.29, 0.717) is 0 Å². The molecule has 3 N–H and O–H groups in total. The third-order valence-electron chi connectivity index (χ3n) is 1.88. The minimum atomic E-state index is -0.365. The molecule has 0 aliphatic heterocycles. The van der Waals surface area contributed by atoms with Crippen molar-refractivity contribution in [2.45, 2.75) is 36.9 Å². The van der Waals surface area contributed by atoms with Crippen LogP contribution in [0.25, 0.3) is 0 Å². The van der Waals surface area contributed by atoms with Gasteiger partial charge in [-0.15, -0.1) is 0 Å². The Hall–Kier alpha value is -0.211. The molecular weight excluding hydrogens is 207 g/mol. The van der Waals surface area contributed by atoms with Gasteiger partial charge >= 0.3 is 73.0 Å². The quantitative estimate of drug-likeness (QED) is 0.672. The van der Waals surface area contributed by atoms with Crippen LogP contribution in [-0.4, -0.2) is 21.2 Å². The summed E-state index contributed by atoms with van der Waals surface area (Å²) < 4.78 is 2.72. The van der Waals surface area contributed by atoms with Gasteiger partial charge in [0, 0.05) is 0 Å². The molecule has 3 nitrogen and oxygen atoms in total. The molecule has 64 valence electrons. The molecular formula is C7H14N2OSe. The first-order valence-corrected chi connectivity index (χ1v) is 5.84. The van der Waals surface area contributed by atoms with Crippen molar-refractivity contribution in [1.29, 1.82) is 0 Å². The van der Waals surface area contributed by atoms with Crippen molar-refractivity contribution in [3.63, 3.8) is 0 Å². The van der Waals surface area contributed by atoms with Crippen LogP contribution in [-0.2, 0) is 0 Å². The van der Waals surface area contributed by atoms with Crippen molar-refractivity contribution in [1.82, 2.24) is 4.33 Å². The number of amides is 2. The fourth-order valence-corrected chi connectivity index (χ4v) is 3.11. The molecule has 4 heteroatoms. The van der Waals surface area contributed by atoms with Gasteiger partial charge in [0.25, 0.3) is 0 Å². The molecule has 0 atom stereocenters. The summed E-state index contributed by atoms with van der Waals surface area (Å²) in [4.78, 5) is 11.1. The van der Waals surface area contributed by atoms with Crippen LogP contribution in [0.2, 0.25) is 4.82 Å². The number of urea groups is 1. The third-order valence-corrected chi connectivity index (χ3v) is 4.24. The predicted molar refractivity (Wildman–Crippen MR) is 45.3 cm³/mol. The summed E-state index contributed by atoms with van der Waals surface area (Å²) >= 11 is 0.242. The number of nitrogens with one attached hydrogen (secondary N) is 1. The van der Waals surface area contributed by atoms with Crippen molar-refractivity contribution < 1.29 is 4.79 Å².